The van der Waals surface area contributed by atoms with E-state index in [9.17, 15) is 14.4 Å². The van der Waals surface area contributed by atoms with Gasteiger partial charge in [-0.3, -0.25) is 19.3 Å². The van der Waals surface area contributed by atoms with Crippen LogP contribution in [0, 0.1) is 6.92 Å². The number of aryl methyl sites for hydroxylation is 1. The van der Waals surface area contributed by atoms with Crippen molar-refractivity contribution in [1.82, 2.24) is 9.80 Å². The van der Waals surface area contributed by atoms with Crippen molar-refractivity contribution in [3.8, 4) is 11.5 Å². The standard InChI is InChI=1S/C21H26N2O5S/c1-4-27-16-10-14(3)15(11-17(16)28-5-2)12-18-20(25)23(21(26)29-18)13-19(24)22-8-6-7-9-22/h10-12H,4-9,13H2,1-3H3/b18-12-. The molecular formula is C21H26N2O5S. The van der Waals surface area contributed by atoms with Crippen LogP contribution in [0.3, 0.4) is 0 Å². The van der Waals surface area contributed by atoms with E-state index >= 15 is 0 Å². The first kappa shape index (κ1) is 21.2. The lowest BCUT2D eigenvalue weighted by atomic mass is 10.1. The molecule has 0 atom stereocenters. The number of carbonyl (C=O) groups is 3. The molecule has 0 unspecified atom stereocenters. The van der Waals surface area contributed by atoms with Crippen LogP contribution in [0.15, 0.2) is 17.0 Å². The smallest absolute Gasteiger partial charge is 0.294 e. The quantitative estimate of drug-likeness (QED) is 0.632. The summed E-state index contributed by atoms with van der Waals surface area (Å²) < 4.78 is 11.3. The molecule has 0 bridgehead atoms. The lowest BCUT2D eigenvalue weighted by Gasteiger charge is -2.18. The molecule has 2 aliphatic rings. The van der Waals surface area contributed by atoms with Gasteiger partial charge in [0.25, 0.3) is 11.1 Å². The number of imide groups is 1. The number of hydrogen-bond donors (Lipinski definition) is 0. The number of amides is 3. The summed E-state index contributed by atoms with van der Waals surface area (Å²) in [6.45, 7) is 7.88. The molecular weight excluding hydrogens is 392 g/mol. The van der Waals surface area contributed by atoms with E-state index in [0.29, 0.717) is 42.7 Å². The molecule has 1 aromatic carbocycles. The highest BCUT2D eigenvalue weighted by Gasteiger charge is 2.37. The van der Waals surface area contributed by atoms with Crippen LogP contribution < -0.4 is 9.47 Å². The Hall–Kier alpha value is -2.48. The molecule has 2 fully saturated rings. The van der Waals surface area contributed by atoms with E-state index < -0.39 is 11.1 Å². The number of benzene rings is 1. The van der Waals surface area contributed by atoms with Crippen LogP contribution in [-0.4, -0.2) is 59.7 Å². The minimum atomic E-state index is -0.432. The number of hydrogen-bond acceptors (Lipinski definition) is 6. The average Bonchev–Trinajstić information content (AvgIpc) is 3.30. The third-order valence-electron chi connectivity index (χ3n) is 4.84. The normalized spacial score (nSPS) is 18.1. The van der Waals surface area contributed by atoms with Gasteiger partial charge in [-0.1, -0.05) is 0 Å². The number of nitrogens with zero attached hydrogens (tertiary/aromatic N) is 2. The lowest BCUT2D eigenvalue weighted by Crippen LogP contribution is -2.40. The molecule has 29 heavy (non-hydrogen) atoms. The minimum Gasteiger partial charge on any atom is -0.490 e. The zero-order valence-corrected chi connectivity index (χ0v) is 17.8. The molecule has 3 rings (SSSR count). The summed E-state index contributed by atoms with van der Waals surface area (Å²) in [6, 6.07) is 3.68. The van der Waals surface area contributed by atoms with Gasteiger partial charge in [0.15, 0.2) is 11.5 Å². The Bertz CT molecular complexity index is 846. The van der Waals surface area contributed by atoms with Gasteiger partial charge in [-0.25, -0.2) is 0 Å². The second kappa shape index (κ2) is 9.35. The predicted molar refractivity (Wildman–Crippen MR) is 112 cm³/mol. The molecule has 156 valence electrons. The maximum atomic E-state index is 12.8. The average molecular weight is 419 g/mol. The summed E-state index contributed by atoms with van der Waals surface area (Å²) in [5.41, 5.74) is 1.67. The van der Waals surface area contributed by atoms with Crippen LogP contribution in [0.25, 0.3) is 6.08 Å². The van der Waals surface area contributed by atoms with E-state index in [1.807, 2.05) is 32.9 Å². The summed E-state index contributed by atoms with van der Waals surface area (Å²) >= 11 is 0.859. The maximum absolute atomic E-state index is 12.8. The fraction of sp³-hybridized carbons (Fsp3) is 0.476. The highest BCUT2D eigenvalue weighted by atomic mass is 32.2. The summed E-state index contributed by atoms with van der Waals surface area (Å²) in [4.78, 5) is 40.5. The predicted octanol–water partition coefficient (Wildman–Crippen LogP) is 3.45. The Kier molecular flexibility index (Phi) is 6.84. The van der Waals surface area contributed by atoms with Crippen molar-refractivity contribution in [3.05, 3.63) is 28.2 Å². The number of ether oxygens (including phenoxy) is 2. The van der Waals surface area contributed by atoms with Gasteiger partial charge in [0.1, 0.15) is 6.54 Å². The fourth-order valence-corrected chi connectivity index (χ4v) is 4.18. The van der Waals surface area contributed by atoms with Crippen LogP contribution in [0.4, 0.5) is 4.79 Å². The van der Waals surface area contributed by atoms with Crippen molar-refractivity contribution in [1.29, 1.82) is 0 Å². The molecule has 2 heterocycles. The van der Waals surface area contributed by atoms with Gasteiger partial charge in [0, 0.05) is 13.1 Å². The Morgan fingerprint density at radius 2 is 1.72 bits per heavy atom. The second-order valence-corrected chi connectivity index (χ2v) is 7.87. The molecule has 3 amide bonds. The summed E-state index contributed by atoms with van der Waals surface area (Å²) in [5, 5.41) is -0.414. The fourth-order valence-electron chi connectivity index (χ4n) is 3.35. The van der Waals surface area contributed by atoms with Gasteiger partial charge in [-0.15, -0.1) is 0 Å². The minimum absolute atomic E-state index is 0.179. The molecule has 0 aliphatic carbocycles. The molecule has 0 N–H and O–H groups in total. The van der Waals surface area contributed by atoms with E-state index in [1.54, 1.807) is 11.0 Å². The molecule has 0 saturated carbocycles. The number of rotatable bonds is 7. The Morgan fingerprint density at radius 3 is 2.34 bits per heavy atom. The SMILES string of the molecule is CCOc1cc(C)c(/C=C2\SC(=O)N(CC(=O)N3CCCC3)C2=O)cc1OCC. The largest absolute Gasteiger partial charge is 0.490 e. The number of carbonyl (C=O) groups excluding carboxylic acids is 3. The molecule has 1 aromatic rings. The molecule has 2 saturated heterocycles. The third kappa shape index (κ3) is 4.75. The summed E-state index contributed by atoms with van der Waals surface area (Å²) in [7, 11) is 0. The third-order valence-corrected chi connectivity index (χ3v) is 5.75. The van der Waals surface area contributed by atoms with Gasteiger partial charge in [-0.2, -0.15) is 0 Å². The molecule has 2 aliphatic heterocycles. The van der Waals surface area contributed by atoms with Gasteiger partial charge in [0.2, 0.25) is 5.91 Å². The zero-order valence-electron chi connectivity index (χ0n) is 17.0. The first-order chi connectivity index (χ1) is 13.9. The van der Waals surface area contributed by atoms with Crippen LogP contribution in [0.1, 0.15) is 37.8 Å². The monoisotopic (exact) mass is 418 g/mol. The van der Waals surface area contributed by atoms with Crippen molar-refractivity contribution in [2.24, 2.45) is 0 Å². The first-order valence-electron chi connectivity index (χ1n) is 9.88. The van der Waals surface area contributed by atoms with E-state index in [-0.39, 0.29) is 12.5 Å². The van der Waals surface area contributed by atoms with Crippen LogP contribution in [0.5, 0.6) is 11.5 Å². The summed E-state index contributed by atoms with van der Waals surface area (Å²) in [6.07, 6.45) is 3.61. The topological polar surface area (TPSA) is 76.2 Å². The van der Waals surface area contributed by atoms with E-state index in [0.717, 1.165) is 40.6 Å². The molecule has 0 spiro atoms. The Labute approximate surface area is 175 Å². The Morgan fingerprint density at radius 1 is 1.10 bits per heavy atom. The van der Waals surface area contributed by atoms with E-state index in [1.165, 1.54) is 0 Å². The Balaban J connectivity index is 1.81. The molecule has 7 nitrogen and oxygen atoms in total. The van der Waals surface area contributed by atoms with Crippen LogP contribution in [0.2, 0.25) is 0 Å². The molecule has 8 heteroatoms. The number of thioether (sulfide) groups is 1. The zero-order chi connectivity index (χ0) is 21.0. The highest BCUT2D eigenvalue weighted by Crippen LogP contribution is 2.36. The molecule has 0 aromatic heterocycles. The van der Waals surface area contributed by atoms with Crippen molar-refractivity contribution in [3.63, 3.8) is 0 Å². The lowest BCUT2D eigenvalue weighted by molar-refractivity contribution is -0.135. The van der Waals surface area contributed by atoms with Crippen LogP contribution >= 0.6 is 11.8 Å². The van der Waals surface area contributed by atoms with Gasteiger partial charge in [0.05, 0.1) is 18.1 Å². The van der Waals surface area contributed by atoms with Crippen molar-refractivity contribution in [2.75, 3.05) is 32.8 Å². The van der Waals surface area contributed by atoms with E-state index in [4.69, 9.17) is 9.47 Å². The van der Waals surface area contributed by atoms with Gasteiger partial charge in [-0.05, 0) is 74.7 Å². The summed E-state index contributed by atoms with van der Waals surface area (Å²) in [5.74, 6) is 0.628. The number of likely N-dealkylation sites (tertiary alicyclic amines) is 1. The molecule has 0 radical (unpaired) electrons. The van der Waals surface area contributed by atoms with Crippen molar-refractivity contribution < 1.29 is 23.9 Å². The van der Waals surface area contributed by atoms with Crippen LogP contribution in [-0.2, 0) is 9.59 Å². The second-order valence-electron chi connectivity index (χ2n) is 6.88. The highest BCUT2D eigenvalue weighted by molar-refractivity contribution is 8.18. The van der Waals surface area contributed by atoms with Crippen molar-refractivity contribution >= 4 is 34.9 Å². The van der Waals surface area contributed by atoms with Gasteiger partial charge >= 0.3 is 0 Å². The van der Waals surface area contributed by atoms with E-state index in [2.05, 4.69) is 0 Å². The maximum Gasteiger partial charge on any atom is 0.294 e. The van der Waals surface area contributed by atoms with Crippen molar-refractivity contribution in [2.45, 2.75) is 33.6 Å². The van der Waals surface area contributed by atoms with Gasteiger partial charge < -0.3 is 14.4 Å². The first-order valence-corrected chi connectivity index (χ1v) is 10.7.